The number of rotatable bonds is 3. The van der Waals surface area contributed by atoms with Gasteiger partial charge in [-0.2, -0.15) is 0 Å². The van der Waals surface area contributed by atoms with Crippen LogP contribution >= 0.6 is 0 Å². The molecular formula is C20H28BNO5. The normalized spacial score (nSPS) is 20.8. The average Bonchev–Trinajstić information content (AvgIpc) is 2.91. The molecule has 2 aliphatic rings. The van der Waals surface area contributed by atoms with Crippen LogP contribution < -0.4 is 5.46 Å². The topological polar surface area (TPSA) is 65.1 Å². The highest BCUT2D eigenvalue weighted by molar-refractivity contribution is 6.62. The van der Waals surface area contributed by atoms with E-state index in [4.69, 9.17) is 14.0 Å². The van der Waals surface area contributed by atoms with Crippen molar-refractivity contribution < 1.29 is 23.6 Å². The molecule has 0 radical (unpaired) electrons. The minimum atomic E-state index is -0.573. The molecule has 0 aliphatic carbocycles. The fourth-order valence-electron chi connectivity index (χ4n) is 3.16. The Bertz CT molecular complexity index is 765. The molecule has 1 aromatic carbocycles. The largest absolute Gasteiger partial charge is 0.494 e. The number of ether oxygens (including phenoxy) is 1. The third kappa shape index (κ3) is 3.89. The molecule has 0 N–H and O–H groups in total. The van der Waals surface area contributed by atoms with Crippen molar-refractivity contribution in [1.82, 2.24) is 4.90 Å². The van der Waals surface area contributed by atoms with Gasteiger partial charge in [-0.15, -0.1) is 0 Å². The maximum Gasteiger partial charge on any atom is 0.494 e. The quantitative estimate of drug-likeness (QED) is 0.601. The lowest BCUT2D eigenvalue weighted by molar-refractivity contribution is -0.155. The van der Waals surface area contributed by atoms with Gasteiger partial charge in [0.05, 0.1) is 11.2 Å². The first-order valence-electron chi connectivity index (χ1n) is 9.29. The number of carbonyl (C=O) groups excluding carboxylic acids is 2. The van der Waals surface area contributed by atoms with Gasteiger partial charge in [-0.3, -0.25) is 9.59 Å². The molecule has 0 spiro atoms. The summed E-state index contributed by atoms with van der Waals surface area (Å²) >= 11 is 0. The van der Waals surface area contributed by atoms with Crippen LogP contribution in [0.5, 0.6) is 0 Å². The van der Waals surface area contributed by atoms with E-state index in [1.165, 1.54) is 4.90 Å². The highest BCUT2D eigenvalue weighted by Gasteiger charge is 2.52. The van der Waals surface area contributed by atoms with E-state index < -0.39 is 29.9 Å². The Morgan fingerprint density at radius 1 is 1.19 bits per heavy atom. The fourth-order valence-corrected chi connectivity index (χ4v) is 3.16. The number of benzene rings is 1. The van der Waals surface area contributed by atoms with Crippen molar-refractivity contribution in [2.45, 2.75) is 71.8 Å². The van der Waals surface area contributed by atoms with Crippen LogP contribution in [0.25, 0.3) is 0 Å². The molecule has 2 heterocycles. The van der Waals surface area contributed by atoms with Gasteiger partial charge in [0.2, 0.25) is 0 Å². The van der Waals surface area contributed by atoms with Crippen molar-refractivity contribution >= 4 is 24.5 Å². The second-order valence-corrected chi connectivity index (χ2v) is 9.25. The number of amides is 1. The van der Waals surface area contributed by atoms with E-state index in [9.17, 15) is 9.59 Å². The van der Waals surface area contributed by atoms with Crippen molar-refractivity contribution in [3.63, 3.8) is 0 Å². The monoisotopic (exact) mass is 373 g/mol. The molecule has 0 saturated carbocycles. The van der Waals surface area contributed by atoms with Gasteiger partial charge >= 0.3 is 13.1 Å². The maximum atomic E-state index is 12.8. The molecule has 0 bridgehead atoms. The lowest BCUT2D eigenvalue weighted by Gasteiger charge is -2.32. The molecule has 0 atom stereocenters. The standard InChI is InChI=1S/C20H28BNO5/c1-18(2,3)25-16(23)12-22-11-13-8-9-14(10-15(13)17(22)24)21-26-19(4,5)20(6,7)27-21/h8-10H,11-12H2,1-7H3. The van der Waals surface area contributed by atoms with Crippen LogP contribution in [0.2, 0.25) is 0 Å². The highest BCUT2D eigenvalue weighted by atomic mass is 16.7. The average molecular weight is 373 g/mol. The van der Waals surface area contributed by atoms with Crippen LogP contribution in [0.3, 0.4) is 0 Å². The summed E-state index contributed by atoms with van der Waals surface area (Å²) in [6.07, 6.45) is 0. The molecule has 7 heteroatoms. The third-order valence-corrected chi connectivity index (χ3v) is 5.28. The Hall–Kier alpha value is -1.86. The van der Waals surface area contributed by atoms with Gasteiger partial charge in [0.25, 0.3) is 5.91 Å². The van der Waals surface area contributed by atoms with E-state index in [0.717, 1.165) is 11.0 Å². The van der Waals surface area contributed by atoms with Crippen LogP contribution in [-0.4, -0.2) is 47.2 Å². The molecule has 1 aromatic rings. The molecule has 0 unspecified atom stereocenters. The van der Waals surface area contributed by atoms with Crippen molar-refractivity contribution in [3.8, 4) is 0 Å². The summed E-state index contributed by atoms with van der Waals surface area (Å²) in [5.74, 6) is -0.580. The van der Waals surface area contributed by atoms with E-state index in [0.29, 0.717) is 12.1 Å². The van der Waals surface area contributed by atoms with Gasteiger partial charge in [-0.25, -0.2) is 0 Å². The molecule has 1 fully saturated rings. The number of fused-ring (bicyclic) bond motifs is 1. The number of carbonyl (C=O) groups is 2. The van der Waals surface area contributed by atoms with Crippen LogP contribution in [0.15, 0.2) is 18.2 Å². The Morgan fingerprint density at radius 2 is 1.78 bits per heavy atom. The minimum Gasteiger partial charge on any atom is -0.459 e. The number of esters is 1. The van der Waals surface area contributed by atoms with Gasteiger partial charge in [-0.05, 0) is 65.6 Å². The van der Waals surface area contributed by atoms with E-state index in [-0.39, 0.29) is 12.5 Å². The third-order valence-electron chi connectivity index (χ3n) is 5.28. The van der Waals surface area contributed by atoms with Crippen LogP contribution in [-0.2, 0) is 25.4 Å². The second kappa shape index (κ2) is 6.35. The predicted octanol–water partition coefficient (Wildman–Crippen LogP) is 2.28. The molecule has 3 rings (SSSR count). The SMILES string of the molecule is CC(C)(C)OC(=O)CN1Cc2ccc(B3OC(C)(C)C(C)(C)O3)cc2C1=O. The Kier molecular flexibility index (Phi) is 4.68. The van der Waals surface area contributed by atoms with Gasteiger partial charge in [0.1, 0.15) is 12.1 Å². The molecule has 6 nitrogen and oxygen atoms in total. The van der Waals surface area contributed by atoms with Gasteiger partial charge < -0.3 is 18.9 Å². The Labute approximate surface area is 161 Å². The Balaban J connectivity index is 1.75. The zero-order valence-electron chi connectivity index (χ0n) is 17.2. The van der Waals surface area contributed by atoms with Crippen molar-refractivity contribution in [2.24, 2.45) is 0 Å². The van der Waals surface area contributed by atoms with Crippen LogP contribution in [0.1, 0.15) is 64.4 Å². The zero-order chi connectivity index (χ0) is 20.2. The lowest BCUT2D eigenvalue weighted by atomic mass is 9.78. The van der Waals surface area contributed by atoms with Gasteiger partial charge in [0.15, 0.2) is 0 Å². The molecule has 0 aromatic heterocycles. The first-order valence-corrected chi connectivity index (χ1v) is 9.29. The van der Waals surface area contributed by atoms with Gasteiger partial charge in [-0.1, -0.05) is 12.1 Å². The van der Waals surface area contributed by atoms with E-state index in [1.807, 2.05) is 66.7 Å². The fraction of sp³-hybridized carbons (Fsp3) is 0.600. The van der Waals surface area contributed by atoms with Crippen molar-refractivity contribution in [1.29, 1.82) is 0 Å². The molecular weight excluding hydrogens is 345 g/mol. The summed E-state index contributed by atoms with van der Waals surface area (Å²) in [6, 6.07) is 5.64. The van der Waals surface area contributed by atoms with Crippen molar-refractivity contribution in [2.75, 3.05) is 6.54 Å². The van der Waals surface area contributed by atoms with Crippen LogP contribution in [0, 0.1) is 0 Å². The molecule has 27 heavy (non-hydrogen) atoms. The highest BCUT2D eigenvalue weighted by Crippen LogP contribution is 2.36. The first kappa shape index (κ1) is 19.9. The van der Waals surface area contributed by atoms with E-state index in [1.54, 1.807) is 0 Å². The summed E-state index contributed by atoms with van der Waals surface area (Å²) < 4.78 is 17.5. The summed E-state index contributed by atoms with van der Waals surface area (Å²) in [7, 11) is -0.520. The molecule has 146 valence electrons. The molecule has 1 saturated heterocycles. The summed E-state index contributed by atoms with van der Waals surface area (Å²) in [5, 5.41) is 0. The summed E-state index contributed by atoms with van der Waals surface area (Å²) in [4.78, 5) is 26.3. The van der Waals surface area contributed by atoms with E-state index in [2.05, 4.69) is 0 Å². The summed E-state index contributed by atoms with van der Waals surface area (Å²) in [5.41, 5.74) is 0.832. The second-order valence-electron chi connectivity index (χ2n) is 9.25. The Morgan fingerprint density at radius 3 is 2.33 bits per heavy atom. The van der Waals surface area contributed by atoms with Gasteiger partial charge in [0, 0.05) is 12.1 Å². The van der Waals surface area contributed by atoms with Crippen LogP contribution in [0.4, 0.5) is 0 Å². The first-order chi connectivity index (χ1) is 12.3. The molecule has 1 amide bonds. The number of hydrogen-bond donors (Lipinski definition) is 0. The van der Waals surface area contributed by atoms with E-state index >= 15 is 0 Å². The molecule has 2 aliphatic heterocycles. The number of nitrogens with zero attached hydrogens (tertiary/aromatic N) is 1. The minimum absolute atomic E-state index is 0.0589. The lowest BCUT2D eigenvalue weighted by Crippen LogP contribution is -2.41. The zero-order valence-corrected chi connectivity index (χ0v) is 17.2. The maximum absolute atomic E-state index is 12.8. The predicted molar refractivity (Wildman–Crippen MR) is 103 cm³/mol. The smallest absolute Gasteiger partial charge is 0.459 e. The summed E-state index contributed by atoms with van der Waals surface area (Å²) in [6.45, 7) is 13.7. The number of hydrogen-bond acceptors (Lipinski definition) is 5. The van der Waals surface area contributed by atoms with Crippen molar-refractivity contribution in [3.05, 3.63) is 29.3 Å².